The Labute approximate surface area is 83.8 Å². The quantitative estimate of drug-likeness (QED) is 0.569. The van der Waals surface area contributed by atoms with Crippen molar-refractivity contribution < 1.29 is 13.6 Å². The van der Waals surface area contributed by atoms with E-state index < -0.39 is 14.1 Å². The second kappa shape index (κ2) is 3.92. The molecule has 0 aliphatic rings. The minimum absolute atomic E-state index is 0.0629. The van der Waals surface area contributed by atoms with Crippen molar-refractivity contribution in [3.05, 3.63) is 29.6 Å². The highest BCUT2D eigenvalue weighted by atomic mass is 28.4. The van der Waals surface area contributed by atoms with Gasteiger partial charge in [0.2, 0.25) is 8.32 Å². The molecule has 0 unspecified atom stereocenters. The first kappa shape index (κ1) is 10.9. The van der Waals surface area contributed by atoms with Gasteiger partial charge in [0.05, 0.1) is 5.56 Å². The van der Waals surface area contributed by atoms with Crippen LogP contribution in [0.15, 0.2) is 18.2 Å². The SMILES string of the molecule is C[Si](C)(C)Oc1ccc(C=O)c(F)c1. The van der Waals surface area contributed by atoms with Crippen LogP contribution in [0.3, 0.4) is 0 Å². The van der Waals surface area contributed by atoms with E-state index in [-0.39, 0.29) is 5.56 Å². The Hall–Kier alpha value is -1.16. The lowest BCUT2D eigenvalue weighted by atomic mass is 10.2. The molecule has 0 bridgehead atoms. The molecule has 0 amide bonds. The maximum Gasteiger partial charge on any atom is 0.242 e. The topological polar surface area (TPSA) is 26.3 Å². The third-order valence-electron chi connectivity index (χ3n) is 1.52. The first-order valence-corrected chi connectivity index (χ1v) is 7.77. The highest BCUT2D eigenvalue weighted by Crippen LogP contribution is 2.18. The number of hydrogen-bond acceptors (Lipinski definition) is 2. The molecule has 0 saturated carbocycles. The lowest BCUT2D eigenvalue weighted by molar-refractivity contribution is 0.112. The van der Waals surface area contributed by atoms with Crippen molar-refractivity contribution in [2.24, 2.45) is 0 Å². The van der Waals surface area contributed by atoms with Crippen LogP contribution in [0.25, 0.3) is 0 Å². The monoisotopic (exact) mass is 212 g/mol. The van der Waals surface area contributed by atoms with Crippen molar-refractivity contribution in [3.63, 3.8) is 0 Å². The smallest absolute Gasteiger partial charge is 0.242 e. The Balaban J connectivity index is 2.92. The molecule has 0 heterocycles. The lowest BCUT2D eigenvalue weighted by Gasteiger charge is -2.19. The van der Waals surface area contributed by atoms with Crippen LogP contribution in [0.4, 0.5) is 4.39 Å². The van der Waals surface area contributed by atoms with Gasteiger partial charge >= 0.3 is 0 Å². The summed E-state index contributed by atoms with van der Waals surface area (Å²) in [6.45, 7) is 6.04. The van der Waals surface area contributed by atoms with Crippen molar-refractivity contribution in [2.45, 2.75) is 19.6 Å². The summed E-state index contributed by atoms with van der Waals surface area (Å²) in [7, 11) is -1.70. The summed E-state index contributed by atoms with van der Waals surface area (Å²) >= 11 is 0. The maximum absolute atomic E-state index is 13.1. The van der Waals surface area contributed by atoms with E-state index in [4.69, 9.17) is 4.43 Å². The highest BCUT2D eigenvalue weighted by Gasteiger charge is 2.16. The molecule has 76 valence electrons. The third-order valence-corrected chi connectivity index (χ3v) is 2.37. The predicted octanol–water partition coefficient (Wildman–Crippen LogP) is 2.85. The molecule has 0 atom stereocenters. The van der Waals surface area contributed by atoms with Gasteiger partial charge in [-0.25, -0.2) is 4.39 Å². The molecule has 2 nitrogen and oxygen atoms in total. The molecule has 4 heteroatoms. The summed E-state index contributed by atoms with van der Waals surface area (Å²) in [6, 6.07) is 4.30. The van der Waals surface area contributed by atoms with Crippen LogP contribution in [0.1, 0.15) is 10.4 Å². The van der Waals surface area contributed by atoms with E-state index in [1.54, 1.807) is 6.07 Å². The molecular formula is C10H13FO2Si. The van der Waals surface area contributed by atoms with Crippen molar-refractivity contribution in [1.29, 1.82) is 0 Å². The van der Waals surface area contributed by atoms with Crippen LogP contribution in [-0.2, 0) is 0 Å². The van der Waals surface area contributed by atoms with Crippen LogP contribution in [0.2, 0.25) is 19.6 Å². The summed E-state index contributed by atoms with van der Waals surface area (Å²) in [5, 5.41) is 0. The Morgan fingerprint density at radius 1 is 1.36 bits per heavy atom. The maximum atomic E-state index is 13.1. The molecule has 0 N–H and O–H groups in total. The minimum atomic E-state index is -1.70. The van der Waals surface area contributed by atoms with Crippen LogP contribution >= 0.6 is 0 Å². The zero-order valence-electron chi connectivity index (χ0n) is 8.50. The van der Waals surface area contributed by atoms with Gasteiger partial charge in [0, 0.05) is 6.07 Å². The third kappa shape index (κ3) is 2.96. The van der Waals surface area contributed by atoms with Crippen molar-refractivity contribution in [1.82, 2.24) is 0 Å². The summed E-state index contributed by atoms with van der Waals surface area (Å²) in [6.07, 6.45) is 0.494. The average Bonchev–Trinajstić information content (AvgIpc) is 2.01. The number of rotatable bonds is 3. The second-order valence-electron chi connectivity index (χ2n) is 4.02. The van der Waals surface area contributed by atoms with E-state index in [2.05, 4.69) is 0 Å². The number of halogens is 1. The zero-order chi connectivity index (χ0) is 10.8. The number of carbonyl (C=O) groups is 1. The van der Waals surface area contributed by atoms with Crippen LogP contribution in [0, 0.1) is 5.82 Å². The minimum Gasteiger partial charge on any atom is -0.544 e. The van der Waals surface area contributed by atoms with E-state index in [0.29, 0.717) is 12.0 Å². The van der Waals surface area contributed by atoms with Gasteiger partial charge in [0.15, 0.2) is 6.29 Å². The number of carbonyl (C=O) groups excluding carboxylic acids is 1. The van der Waals surface area contributed by atoms with Crippen molar-refractivity contribution >= 4 is 14.6 Å². The summed E-state index contributed by atoms with van der Waals surface area (Å²) in [5.74, 6) is -0.0389. The molecule has 0 radical (unpaired) electrons. The Kier molecular flexibility index (Phi) is 3.05. The van der Waals surface area contributed by atoms with E-state index in [1.807, 2.05) is 19.6 Å². The van der Waals surface area contributed by atoms with Crippen LogP contribution in [-0.4, -0.2) is 14.6 Å². The zero-order valence-corrected chi connectivity index (χ0v) is 9.50. The van der Waals surface area contributed by atoms with Gasteiger partial charge in [-0.15, -0.1) is 0 Å². The fraction of sp³-hybridized carbons (Fsp3) is 0.300. The number of aldehydes is 1. The molecule has 0 aliphatic carbocycles. The Bertz CT molecular complexity index is 344. The second-order valence-corrected chi connectivity index (χ2v) is 8.44. The van der Waals surface area contributed by atoms with Gasteiger partial charge < -0.3 is 4.43 Å². The number of hydrogen-bond donors (Lipinski definition) is 0. The standard InChI is InChI=1S/C10H13FO2Si/c1-14(2,3)13-9-5-4-8(7-12)10(11)6-9/h4-7H,1-3H3. The summed E-state index contributed by atoms with van der Waals surface area (Å²) < 4.78 is 18.7. The molecule has 1 aromatic rings. The molecule has 0 fully saturated rings. The molecule has 0 saturated heterocycles. The van der Waals surface area contributed by atoms with Gasteiger partial charge in [0.1, 0.15) is 11.6 Å². The van der Waals surface area contributed by atoms with Gasteiger partial charge in [-0.2, -0.15) is 0 Å². The Morgan fingerprint density at radius 3 is 2.43 bits per heavy atom. The fourth-order valence-electron chi connectivity index (χ4n) is 1.02. The van der Waals surface area contributed by atoms with Gasteiger partial charge in [-0.3, -0.25) is 4.79 Å². The van der Waals surface area contributed by atoms with Crippen LogP contribution in [0.5, 0.6) is 5.75 Å². The molecule has 0 aliphatic heterocycles. The average molecular weight is 212 g/mol. The van der Waals surface area contributed by atoms with Crippen LogP contribution < -0.4 is 4.43 Å². The molecule has 1 aromatic carbocycles. The molecule has 0 aromatic heterocycles. The summed E-state index contributed by atoms with van der Waals surface area (Å²) in [4.78, 5) is 10.4. The van der Waals surface area contributed by atoms with E-state index in [0.717, 1.165) is 0 Å². The molecular weight excluding hydrogens is 199 g/mol. The fourth-order valence-corrected chi connectivity index (χ4v) is 1.85. The molecule has 0 spiro atoms. The van der Waals surface area contributed by atoms with E-state index in [9.17, 15) is 9.18 Å². The normalized spacial score (nSPS) is 11.1. The Morgan fingerprint density at radius 2 is 2.00 bits per heavy atom. The molecule has 14 heavy (non-hydrogen) atoms. The van der Waals surface area contributed by atoms with E-state index in [1.165, 1.54) is 12.1 Å². The summed E-state index contributed by atoms with van der Waals surface area (Å²) in [5.41, 5.74) is 0.0629. The lowest BCUT2D eigenvalue weighted by Crippen LogP contribution is -2.29. The highest BCUT2D eigenvalue weighted by molar-refractivity contribution is 6.70. The first-order chi connectivity index (χ1) is 6.42. The first-order valence-electron chi connectivity index (χ1n) is 4.36. The number of benzene rings is 1. The molecule has 1 rings (SSSR count). The largest absolute Gasteiger partial charge is 0.544 e. The van der Waals surface area contributed by atoms with E-state index >= 15 is 0 Å². The van der Waals surface area contributed by atoms with Gasteiger partial charge in [-0.1, -0.05) is 0 Å². The predicted molar refractivity (Wildman–Crippen MR) is 55.8 cm³/mol. The van der Waals surface area contributed by atoms with Crippen molar-refractivity contribution in [2.75, 3.05) is 0 Å². The van der Waals surface area contributed by atoms with Crippen molar-refractivity contribution in [3.8, 4) is 5.75 Å². The van der Waals surface area contributed by atoms with Gasteiger partial charge in [-0.05, 0) is 31.8 Å². The van der Waals surface area contributed by atoms with Gasteiger partial charge in [0.25, 0.3) is 0 Å².